The van der Waals surface area contributed by atoms with Crippen molar-refractivity contribution in [2.75, 3.05) is 25.5 Å². The van der Waals surface area contributed by atoms with Crippen molar-refractivity contribution >= 4 is 29.7 Å². The first kappa shape index (κ1) is 19.1. The summed E-state index contributed by atoms with van der Waals surface area (Å²) in [7, 11) is 1.64. The van der Waals surface area contributed by atoms with Crippen molar-refractivity contribution in [1.29, 1.82) is 0 Å². The number of hydrogen-bond donors (Lipinski definition) is 3. The SMILES string of the molecule is COc1ccc(Nc2ccccc2C(=O)NCC2CCCN2)cc1.Cl. The van der Waals surface area contributed by atoms with E-state index in [1.807, 2.05) is 48.5 Å². The minimum Gasteiger partial charge on any atom is -0.497 e. The van der Waals surface area contributed by atoms with Crippen LogP contribution in [0.3, 0.4) is 0 Å². The van der Waals surface area contributed by atoms with Gasteiger partial charge in [0.05, 0.1) is 18.4 Å². The topological polar surface area (TPSA) is 62.4 Å². The van der Waals surface area contributed by atoms with Gasteiger partial charge < -0.3 is 20.7 Å². The maximum atomic E-state index is 12.5. The lowest BCUT2D eigenvalue weighted by Crippen LogP contribution is -2.37. The number of amides is 1. The highest BCUT2D eigenvalue weighted by Gasteiger charge is 2.16. The fraction of sp³-hybridized carbons (Fsp3) is 0.316. The molecule has 0 spiro atoms. The highest BCUT2D eigenvalue weighted by molar-refractivity contribution is 6.00. The Morgan fingerprint density at radius 2 is 1.96 bits per heavy atom. The van der Waals surface area contributed by atoms with Gasteiger partial charge in [-0.25, -0.2) is 0 Å². The summed E-state index contributed by atoms with van der Waals surface area (Å²) in [5, 5.41) is 9.71. The molecule has 0 aromatic heterocycles. The van der Waals surface area contributed by atoms with Gasteiger partial charge in [0.2, 0.25) is 0 Å². The van der Waals surface area contributed by atoms with Crippen LogP contribution in [0.2, 0.25) is 0 Å². The third-order valence-electron chi connectivity index (χ3n) is 4.21. The van der Waals surface area contributed by atoms with Crippen LogP contribution in [-0.2, 0) is 0 Å². The fourth-order valence-corrected chi connectivity index (χ4v) is 2.86. The number of halogens is 1. The van der Waals surface area contributed by atoms with Crippen molar-refractivity contribution in [3.63, 3.8) is 0 Å². The van der Waals surface area contributed by atoms with E-state index in [2.05, 4.69) is 16.0 Å². The second-order valence-corrected chi connectivity index (χ2v) is 5.90. The smallest absolute Gasteiger partial charge is 0.253 e. The molecule has 3 N–H and O–H groups in total. The molecule has 0 bridgehead atoms. The van der Waals surface area contributed by atoms with Crippen LogP contribution in [-0.4, -0.2) is 32.1 Å². The van der Waals surface area contributed by atoms with Crippen molar-refractivity contribution in [3.05, 3.63) is 54.1 Å². The molecule has 1 saturated heterocycles. The Bertz CT molecular complexity index is 685. The summed E-state index contributed by atoms with van der Waals surface area (Å²) >= 11 is 0. The van der Waals surface area contributed by atoms with Crippen LogP contribution in [0, 0.1) is 0 Å². The van der Waals surface area contributed by atoms with Gasteiger partial charge in [0.1, 0.15) is 5.75 Å². The summed E-state index contributed by atoms with van der Waals surface area (Å²) < 4.78 is 5.16. The van der Waals surface area contributed by atoms with E-state index < -0.39 is 0 Å². The second kappa shape index (κ2) is 9.30. The number of benzene rings is 2. The zero-order valence-corrected chi connectivity index (χ0v) is 15.1. The summed E-state index contributed by atoms with van der Waals surface area (Å²) in [6.45, 7) is 1.70. The van der Waals surface area contributed by atoms with E-state index in [9.17, 15) is 4.79 Å². The molecule has 2 aromatic carbocycles. The van der Waals surface area contributed by atoms with E-state index in [-0.39, 0.29) is 18.3 Å². The summed E-state index contributed by atoms with van der Waals surface area (Å²) in [5.41, 5.74) is 2.35. The predicted octanol–water partition coefficient (Wildman–Crippen LogP) is 3.34. The Balaban J connectivity index is 0.00000225. The zero-order chi connectivity index (χ0) is 16.8. The molecule has 1 aliphatic rings. The summed E-state index contributed by atoms with van der Waals surface area (Å²) in [6.07, 6.45) is 2.29. The first-order valence-electron chi connectivity index (χ1n) is 8.28. The Hall–Kier alpha value is -2.24. The summed E-state index contributed by atoms with van der Waals surface area (Å²) in [5.74, 6) is 0.746. The van der Waals surface area contributed by atoms with Gasteiger partial charge in [-0.05, 0) is 55.8 Å². The first-order chi connectivity index (χ1) is 11.8. The number of rotatable bonds is 6. The molecule has 6 heteroatoms. The minimum absolute atomic E-state index is 0. The normalized spacial score (nSPS) is 16.0. The molecule has 3 rings (SSSR count). The molecule has 0 aliphatic carbocycles. The predicted molar refractivity (Wildman–Crippen MR) is 103 cm³/mol. The molecule has 1 heterocycles. The molecule has 1 unspecified atom stereocenters. The van der Waals surface area contributed by atoms with Gasteiger partial charge in [-0.1, -0.05) is 12.1 Å². The maximum Gasteiger partial charge on any atom is 0.253 e. The highest BCUT2D eigenvalue weighted by atomic mass is 35.5. The van der Waals surface area contributed by atoms with Crippen molar-refractivity contribution in [2.45, 2.75) is 18.9 Å². The van der Waals surface area contributed by atoms with Gasteiger partial charge in [-0.15, -0.1) is 12.4 Å². The Labute approximate surface area is 154 Å². The number of nitrogens with one attached hydrogen (secondary N) is 3. The van der Waals surface area contributed by atoms with E-state index in [0.29, 0.717) is 18.2 Å². The quantitative estimate of drug-likeness (QED) is 0.738. The monoisotopic (exact) mass is 361 g/mol. The Kier molecular flexibility index (Phi) is 7.10. The third kappa shape index (κ3) is 5.11. The van der Waals surface area contributed by atoms with E-state index in [1.54, 1.807) is 7.11 Å². The molecule has 25 heavy (non-hydrogen) atoms. The second-order valence-electron chi connectivity index (χ2n) is 5.90. The van der Waals surface area contributed by atoms with Crippen LogP contribution >= 0.6 is 12.4 Å². The van der Waals surface area contributed by atoms with Crippen LogP contribution in [0.4, 0.5) is 11.4 Å². The maximum absolute atomic E-state index is 12.5. The lowest BCUT2D eigenvalue weighted by atomic mass is 10.1. The lowest BCUT2D eigenvalue weighted by Gasteiger charge is -2.15. The number of ether oxygens (including phenoxy) is 1. The molecular formula is C19H24ClN3O2. The van der Waals surface area contributed by atoms with E-state index in [4.69, 9.17) is 4.74 Å². The number of carbonyl (C=O) groups is 1. The number of hydrogen-bond acceptors (Lipinski definition) is 4. The largest absolute Gasteiger partial charge is 0.497 e. The van der Waals surface area contributed by atoms with Crippen LogP contribution in [0.25, 0.3) is 0 Å². The molecule has 5 nitrogen and oxygen atoms in total. The van der Waals surface area contributed by atoms with Gasteiger partial charge in [0.15, 0.2) is 0 Å². The van der Waals surface area contributed by atoms with Crippen molar-refractivity contribution in [2.24, 2.45) is 0 Å². The summed E-state index contributed by atoms with van der Waals surface area (Å²) in [4.78, 5) is 12.5. The molecule has 1 amide bonds. The van der Waals surface area contributed by atoms with Crippen LogP contribution < -0.4 is 20.7 Å². The average molecular weight is 362 g/mol. The van der Waals surface area contributed by atoms with Crippen molar-refractivity contribution in [3.8, 4) is 5.75 Å². The fourth-order valence-electron chi connectivity index (χ4n) is 2.86. The molecule has 134 valence electrons. The van der Waals surface area contributed by atoms with E-state index in [0.717, 1.165) is 30.1 Å². The third-order valence-corrected chi connectivity index (χ3v) is 4.21. The van der Waals surface area contributed by atoms with Crippen LogP contribution in [0.1, 0.15) is 23.2 Å². The van der Waals surface area contributed by atoms with Gasteiger partial charge in [-0.3, -0.25) is 4.79 Å². The zero-order valence-electron chi connectivity index (χ0n) is 14.2. The number of para-hydroxylation sites is 1. The molecule has 0 saturated carbocycles. The van der Waals surface area contributed by atoms with Gasteiger partial charge in [-0.2, -0.15) is 0 Å². The summed E-state index contributed by atoms with van der Waals surface area (Å²) in [6, 6.07) is 15.6. The molecule has 1 aliphatic heterocycles. The standard InChI is InChI=1S/C19H23N3O2.ClH/c1-24-16-10-8-14(9-11-16)22-18-7-3-2-6-17(18)19(23)21-13-15-5-4-12-20-15;/h2-3,6-11,15,20,22H,4-5,12-13H2,1H3,(H,21,23);1H. The molecule has 2 aromatic rings. The molecule has 1 atom stereocenters. The van der Waals surface area contributed by atoms with Gasteiger partial charge in [0, 0.05) is 18.3 Å². The van der Waals surface area contributed by atoms with Crippen molar-refractivity contribution < 1.29 is 9.53 Å². The molecular weight excluding hydrogens is 338 g/mol. The lowest BCUT2D eigenvalue weighted by molar-refractivity contribution is 0.0951. The number of methoxy groups -OCH3 is 1. The average Bonchev–Trinajstić information content (AvgIpc) is 3.14. The van der Waals surface area contributed by atoms with Gasteiger partial charge >= 0.3 is 0 Å². The van der Waals surface area contributed by atoms with E-state index in [1.165, 1.54) is 6.42 Å². The number of carbonyl (C=O) groups excluding carboxylic acids is 1. The first-order valence-corrected chi connectivity index (χ1v) is 8.28. The highest BCUT2D eigenvalue weighted by Crippen LogP contribution is 2.23. The molecule has 0 radical (unpaired) electrons. The van der Waals surface area contributed by atoms with Crippen molar-refractivity contribution in [1.82, 2.24) is 10.6 Å². The molecule has 1 fully saturated rings. The Morgan fingerprint density at radius 3 is 2.64 bits per heavy atom. The minimum atomic E-state index is -0.0553. The number of anilines is 2. The van der Waals surface area contributed by atoms with Gasteiger partial charge in [0.25, 0.3) is 5.91 Å². The Morgan fingerprint density at radius 1 is 1.20 bits per heavy atom. The van der Waals surface area contributed by atoms with E-state index >= 15 is 0 Å². The van der Waals surface area contributed by atoms with Crippen LogP contribution in [0.5, 0.6) is 5.75 Å². The van der Waals surface area contributed by atoms with Crippen LogP contribution in [0.15, 0.2) is 48.5 Å².